The van der Waals surface area contributed by atoms with E-state index in [4.69, 9.17) is 9.47 Å². The van der Waals surface area contributed by atoms with Crippen LogP contribution in [0.25, 0.3) is 0 Å². The number of carbonyl (C=O) groups excluding carboxylic acids is 1. The van der Waals surface area contributed by atoms with Crippen molar-refractivity contribution in [2.45, 2.75) is 32.2 Å². The van der Waals surface area contributed by atoms with Gasteiger partial charge in [0.15, 0.2) is 17.5 Å². The number of hydrogen-bond acceptors (Lipinski definition) is 4. The Balaban J connectivity index is 2.93. The summed E-state index contributed by atoms with van der Waals surface area (Å²) in [5.41, 5.74) is 4.07. The Hall–Kier alpha value is -1.27. The van der Waals surface area contributed by atoms with Crippen molar-refractivity contribution in [3.05, 3.63) is 22.2 Å². The van der Waals surface area contributed by atoms with Gasteiger partial charge in [-0.25, -0.2) is 0 Å². The van der Waals surface area contributed by atoms with Crippen LogP contribution >= 0.6 is 15.9 Å². The number of ether oxygens (including phenoxy) is 2. The highest BCUT2D eigenvalue weighted by molar-refractivity contribution is 9.10. The van der Waals surface area contributed by atoms with Crippen LogP contribution < -0.4 is 20.3 Å². The van der Waals surface area contributed by atoms with Crippen molar-refractivity contribution in [3.8, 4) is 11.5 Å². The molecule has 0 aliphatic heterocycles. The molecule has 0 aromatic heterocycles. The number of quaternary nitrogens is 1. The molecular formula is C14H20BrNO4. The first-order valence-corrected chi connectivity index (χ1v) is 7.34. The van der Waals surface area contributed by atoms with E-state index in [9.17, 15) is 9.90 Å². The van der Waals surface area contributed by atoms with Crippen LogP contribution in [0.2, 0.25) is 0 Å². The first kappa shape index (κ1) is 16.8. The quantitative estimate of drug-likeness (QED) is 0.713. The number of carboxylic acid groups (broad SMARTS) is 1. The number of unbranched alkanes of at least 4 members (excludes halogenated alkanes) is 2. The molecule has 1 atom stereocenters. The molecule has 0 radical (unpaired) electrons. The molecule has 0 aliphatic rings. The molecule has 1 aromatic rings. The van der Waals surface area contributed by atoms with E-state index in [-0.39, 0.29) is 0 Å². The minimum absolute atomic E-state index is 0.487. The van der Waals surface area contributed by atoms with Crippen molar-refractivity contribution in [2.24, 2.45) is 0 Å². The zero-order valence-corrected chi connectivity index (χ0v) is 13.4. The second kappa shape index (κ2) is 8.11. The number of halogens is 1. The van der Waals surface area contributed by atoms with Crippen LogP contribution in [0.4, 0.5) is 0 Å². The van der Waals surface area contributed by atoms with Crippen molar-refractivity contribution >= 4 is 21.9 Å². The monoisotopic (exact) mass is 345 g/mol. The summed E-state index contributed by atoms with van der Waals surface area (Å²) in [6, 6.07) is 2.34. The molecule has 20 heavy (non-hydrogen) atoms. The molecule has 0 saturated carbocycles. The van der Waals surface area contributed by atoms with Gasteiger partial charge in [0.05, 0.1) is 18.2 Å². The molecule has 0 heterocycles. The van der Waals surface area contributed by atoms with Gasteiger partial charge in [-0.1, -0.05) is 19.8 Å². The van der Waals surface area contributed by atoms with Crippen LogP contribution in [0.15, 0.2) is 16.6 Å². The molecule has 1 aromatic carbocycles. The molecule has 5 nitrogen and oxygen atoms in total. The highest BCUT2D eigenvalue weighted by Gasteiger charge is 2.17. The van der Waals surface area contributed by atoms with Crippen LogP contribution in [0.3, 0.4) is 0 Å². The summed E-state index contributed by atoms with van der Waals surface area (Å²) in [5, 5.41) is 10.9. The number of benzene rings is 1. The standard InChI is InChI=1S/C14H20BrNO4/c1-3-4-5-6-20-13-10(15)7-9(8-11(13)19-2)12(16)14(17)18/h7-8,12H,3-6,16H2,1-2H3,(H,17,18)/t12-/m0/s1. The third-order valence-electron chi connectivity index (χ3n) is 2.93. The number of carboxylic acids is 1. The third kappa shape index (κ3) is 4.38. The molecule has 0 unspecified atom stereocenters. The number of hydrogen-bond donors (Lipinski definition) is 1. The number of aliphatic carboxylic acids is 1. The van der Waals surface area contributed by atoms with Crippen molar-refractivity contribution in [1.82, 2.24) is 0 Å². The smallest absolute Gasteiger partial charge is 0.175 e. The van der Waals surface area contributed by atoms with Crippen LogP contribution in [0.1, 0.15) is 37.8 Å². The maximum absolute atomic E-state index is 10.9. The van der Waals surface area contributed by atoms with Gasteiger partial charge in [-0.15, -0.1) is 0 Å². The van der Waals surface area contributed by atoms with E-state index in [1.165, 1.54) is 7.11 Å². The van der Waals surface area contributed by atoms with Gasteiger partial charge in [0.25, 0.3) is 0 Å². The topological polar surface area (TPSA) is 86.2 Å². The summed E-state index contributed by atoms with van der Waals surface area (Å²) in [5.74, 6) is -0.158. The minimum atomic E-state index is -1.23. The Morgan fingerprint density at radius 2 is 2.15 bits per heavy atom. The van der Waals surface area contributed by atoms with Crippen LogP contribution in [-0.4, -0.2) is 19.7 Å². The molecule has 1 rings (SSSR count). The van der Waals surface area contributed by atoms with E-state index in [1.54, 1.807) is 12.1 Å². The largest absolute Gasteiger partial charge is 0.544 e. The first-order valence-electron chi connectivity index (χ1n) is 6.55. The lowest BCUT2D eigenvalue weighted by Gasteiger charge is -2.16. The summed E-state index contributed by atoms with van der Waals surface area (Å²) >= 11 is 3.38. The summed E-state index contributed by atoms with van der Waals surface area (Å²) in [6.07, 6.45) is 3.18. The fourth-order valence-electron chi connectivity index (χ4n) is 1.74. The molecule has 0 fully saturated rings. The third-order valence-corrected chi connectivity index (χ3v) is 3.52. The van der Waals surface area contributed by atoms with Gasteiger partial charge in [-0.05, 0) is 34.5 Å². The van der Waals surface area contributed by atoms with Gasteiger partial charge in [-0.3, -0.25) is 0 Å². The second-order valence-electron chi connectivity index (χ2n) is 4.46. The molecular weight excluding hydrogens is 326 g/mol. The van der Waals surface area contributed by atoms with E-state index in [0.717, 1.165) is 19.3 Å². The Kier molecular flexibility index (Phi) is 6.81. The Morgan fingerprint density at radius 3 is 2.70 bits per heavy atom. The number of carbonyl (C=O) groups is 1. The van der Waals surface area contributed by atoms with Crippen LogP contribution in [0.5, 0.6) is 11.5 Å². The minimum Gasteiger partial charge on any atom is -0.544 e. The predicted molar refractivity (Wildman–Crippen MR) is 76.4 cm³/mol. The molecule has 3 N–H and O–H groups in total. The van der Waals surface area contributed by atoms with E-state index >= 15 is 0 Å². The van der Waals surface area contributed by atoms with Gasteiger partial charge < -0.3 is 25.1 Å². The van der Waals surface area contributed by atoms with Crippen LogP contribution in [-0.2, 0) is 4.79 Å². The molecule has 6 heteroatoms. The lowest BCUT2D eigenvalue weighted by molar-refractivity contribution is -0.443. The average Bonchev–Trinajstić information content (AvgIpc) is 2.43. The van der Waals surface area contributed by atoms with Crippen LogP contribution in [0, 0.1) is 0 Å². The Labute approximate surface area is 127 Å². The van der Waals surface area contributed by atoms with E-state index in [1.807, 2.05) is 0 Å². The van der Waals surface area contributed by atoms with E-state index in [0.29, 0.717) is 28.1 Å². The lowest BCUT2D eigenvalue weighted by atomic mass is 10.1. The fourth-order valence-corrected chi connectivity index (χ4v) is 2.32. The van der Waals surface area contributed by atoms with Crippen molar-refractivity contribution in [2.75, 3.05) is 13.7 Å². The SMILES string of the molecule is CCCCCOc1c(Br)cc([C@H]([NH3+])C(=O)[O-])cc1OC. The van der Waals surface area contributed by atoms with Gasteiger partial charge in [-0.2, -0.15) is 0 Å². The Bertz CT molecular complexity index is 465. The zero-order valence-electron chi connectivity index (χ0n) is 11.8. The molecule has 0 aliphatic carbocycles. The summed E-state index contributed by atoms with van der Waals surface area (Å²) in [6.45, 7) is 2.72. The fraction of sp³-hybridized carbons (Fsp3) is 0.500. The van der Waals surface area contributed by atoms with Crippen molar-refractivity contribution < 1.29 is 25.1 Å². The highest BCUT2D eigenvalue weighted by Crippen LogP contribution is 2.37. The van der Waals surface area contributed by atoms with Crippen molar-refractivity contribution in [1.29, 1.82) is 0 Å². The zero-order chi connectivity index (χ0) is 15.1. The van der Waals surface area contributed by atoms with E-state index < -0.39 is 12.0 Å². The van der Waals surface area contributed by atoms with Crippen molar-refractivity contribution in [3.63, 3.8) is 0 Å². The highest BCUT2D eigenvalue weighted by atomic mass is 79.9. The lowest BCUT2D eigenvalue weighted by Crippen LogP contribution is -2.61. The second-order valence-corrected chi connectivity index (χ2v) is 5.32. The predicted octanol–water partition coefficient (Wildman–Crippen LogP) is 1.06. The average molecular weight is 346 g/mol. The molecule has 0 saturated heterocycles. The number of rotatable bonds is 8. The molecule has 112 valence electrons. The normalized spacial score (nSPS) is 12.0. The molecule has 0 spiro atoms. The molecule has 0 amide bonds. The van der Waals surface area contributed by atoms with Gasteiger partial charge in [0.2, 0.25) is 0 Å². The Morgan fingerprint density at radius 1 is 1.45 bits per heavy atom. The van der Waals surface area contributed by atoms with E-state index in [2.05, 4.69) is 28.6 Å². The maximum atomic E-state index is 10.9. The summed E-state index contributed by atoms with van der Waals surface area (Å²) in [7, 11) is 1.52. The molecule has 0 bridgehead atoms. The maximum Gasteiger partial charge on any atom is 0.175 e. The first-order chi connectivity index (χ1) is 9.51. The summed E-state index contributed by atoms with van der Waals surface area (Å²) in [4.78, 5) is 10.9. The van der Waals surface area contributed by atoms with Gasteiger partial charge in [0.1, 0.15) is 5.97 Å². The summed E-state index contributed by atoms with van der Waals surface area (Å²) < 4.78 is 11.6. The van der Waals surface area contributed by atoms with Gasteiger partial charge >= 0.3 is 0 Å². The van der Waals surface area contributed by atoms with Gasteiger partial charge in [0, 0.05) is 5.56 Å². The number of methoxy groups -OCH3 is 1.